The molecule has 0 aromatic heterocycles. The Kier molecular flexibility index (Phi) is 9.66. The molecular formula is C17H19ClF3N2NaO5. The van der Waals surface area contributed by atoms with E-state index in [1.807, 2.05) is 5.32 Å². The van der Waals surface area contributed by atoms with Crippen LogP contribution in [0.25, 0.3) is 0 Å². The zero-order valence-corrected chi connectivity index (χ0v) is 19.2. The van der Waals surface area contributed by atoms with Gasteiger partial charge in [0.1, 0.15) is 0 Å². The van der Waals surface area contributed by atoms with Gasteiger partial charge in [-0.25, -0.2) is 0 Å². The van der Waals surface area contributed by atoms with Crippen molar-refractivity contribution in [3.63, 3.8) is 0 Å². The van der Waals surface area contributed by atoms with Crippen LogP contribution in [-0.4, -0.2) is 52.7 Å². The molecule has 0 radical (unpaired) electrons. The van der Waals surface area contributed by atoms with E-state index >= 15 is 0 Å². The molecule has 1 aromatic carbocycles. The fourth-order valence-electron chi connectivity index (χ4n) is 2.33. The van der Waals surface area contributed by atoms with E-state index in [0.717, 1.165) is 23.1 Å². The zero-order chi connectivity index (χ0) is 22.0. The predicted molar refractivity (Wildman–Crippen MR) is 92.5 cm³/mol. The van der Waals surface area contributed by atoms with Crippen molar-refractivity contribution in [2.45, 2.75) is 38.6 Å². The van der Waals surface area contributed by atoms with Crippen LogP contribution < -0.4 is 40.0 Å². The molecule has 12 heteroatoms. The topological polar surface area (TPSA) is 110 Å². The molecule has 2 N–H and O–H groups in total. The largest absolute Gasteiger partial charge is 1.00 e. The van der Waals surface area contributed by atoms with Gasteiger partial charge in [-0.1, -0.05) is 25.4 Å². The van der Waals surface area contributed by atoms with Crippen molar-refractivity contribution in [2.24, 2.45) is 5.92 Å². The van der Waals surface area contributed by atoms with E-state index in [2.05, 4.69) is 0 Å². The number of carbonyl (C=O) groups excluding carboxylic acids is 3. The molecule has 0 aliphatic rings. The van der Waals surface area contributed by atoms with Crippen LogP contribution in [0.3, 0.4) is 0 Å². The van der Waals surface area contributed by atoms with Crippen LogP contribution in [0, 0.1) is 5.92 Å². The molecule has 0 unspecified atom stereocenters. The second-order valence-electron chi connectivity index (χ2n) is 6.64. The number of carbonyl (C=O) groups is 3. The molecule has 0 fully saturated rings. The number of carboxylic acid groups (broad SMARTS) is 1. The molecule has 7 nitrogen and oxygen atoms in total. The number of carboxylic acids is 1. The van der Waals surface area contributed by atoms with Crippen LogP contribution in [0.1, 0.15) is 31.1 Å². The summed E-state index contributed by atoms with van der Waals surface area (Å²) >= 11 is 5.91. The van der Waals surface area contributed by atoms with E-state index in [9.17, 15) is 37.8 Å². The first kappa shape index (κ1) is 27.7. The van der Waals surface area contributed by atoms with Crippen LogP contribution >= 0.6 is 11.6 Å². The molecule has 0 bridgehead atoms. The molecule has 1 aromatic rings. The number of rotatable bonds is 6. The van der Waals surface area contributed by atoms with E-state index in [1.54, 1.807) is 13.8 Å². The van der Waals surface area contributed by atoms with Crippen LogP contribution in [0.5, 0.6) is 0 Å². The Balaban J connectivity index is 0.00000784. The number of aliphatic hydroxyl groups is 1. The van der Waals surface area contributed by atoms with Gasteiger partial charge in [-0.2, -0.15) is 13.2 Å². The van der Waals surface area contributed by atoms with Gasteiger partial charge in [0, 0.05) is 12.6 Å². The monoisotopic (exact) mass is 446 g/mol. The summed E-state index contributed by atoms with van der Waals surface area (Å²) in [5.74, 6) is -4.37. The summed E-state index contributed by atoms with van der Waals surface area (Å²) in [6.45, 7) is 3.46. The number of halogens is 4. The number of nitrogens with one attached hydrogen (secondary N) is 1. The van der Waals surface area contributed by atoms with Crippen molar-refractivity contribution in [1.82, 2.24) is 4.90 Å². The number of anilines is 1. The summed E-state index contributed by atoms with van der Waals surface area (Å²) in [6.07, 6.45) is -5.21. The summed E-state index contributed by atoms with van der Waals surface area (Å²) in [4.78, 5) is 36.4. The number of nitrogens with zero attached hydrogens (tertiary/aromatic N) is 1. The maximum absolute atomic E-state index is 12.7. The molecule has 2 amide bonds. The van der Waals surface area contributed by atoms with E-state index in [4.69, 9.17) is 11.6 Å². The molecule has 0 heterocycles. The second-order valence-corrected chi connectivity index (χ2v) is 7.05. The average molecular weight is 447 g/mol. The van der Waals surface area contributed by atoms with Crippen LogP contribution in [-0.2, 0) is 9.59 Å². The van der Waals surface area contributed by atoms with Gasteiger partial charge in [0.25, 0.3) is 11.8 Å². The van der Waals surface area contributed by atoms with E-state index in [0.29, 0.717) is 0 Å². The standard InChI is InChI=1S/C17H20ClF3N2O5.Na/c1-8(2)12(14(25)26)23(4)13(24)9-5-6-11(10(18)7-9)22-15(27)16(3,28)17(19,20)21;/h5-8,12,28H,1-4H3,(H,22,27)(H,25,26);/q;+1/p-1/t12-,16+;/m0./s1. The Morgan fingerprint density at radius 2 is 1.76 bits per heavy atom. The first-order chi connectivity index (χ1) is 12.6. The molecular weight excluding hydrogens is 428 g/mol. The van der Waals surface area contributed by atoms with Gasteiger partial charge in [0.2, 0.25) is 5.60 Å². The quantitative estimate of drug-likeness (QED) is 0.514. The maximum Gasteiger partial charge on any atom is 1.00 e. The smallest absolute Gasteiger partial charge is 0.548 e. The van der Waals surface area contributed by atoms with Gasteiger partial charge in [0.05, 0.1) is 22.7 Å². The Morgan fingerprint density at radius 1 is 1.24 bits per heavy atom. The zero-order valence-electron chi connectivity index (χ0n) is 16.4. The molecule has 2 atom stereocenters. The maximum atomic E-state index is 12.7. The Hall–Kier alpha value is -1.33. The van der Waals surface area contributed by atoms with Crippen molar-refractivity contribution in [2.75, 3.05) is 12.4 Å². The number of aliphatic carboxylic acids is 1. The van der Waals surface area contributed by atoms with Crippen molar-refractivity contribution >= 4 is 35.1 Å². The fourth-order valence-corrected chi connectivity index (χ4v) is 2.56. The van der Waals surface area contributed by atoms with Crippen LogP contribution in [0.2, 0.25) is 5.02 Å². The number of alkyl halides is 3. The van der Waals surface area contributed by atoms with Gasteiger partial charge in [-0.05, 0) is 31.0 Å². The first-order valence-corrected chi connectivity index (χ1v) is 8.37. The van der Waals surface area contributed by atoms with Crippen molar-refractivity contribution in [3.05, 3.63) is 28.8 Å². The number of likely N-dealkylation sites (N-methyl/N-ethyl adjacent to an activating group) is 1. The van der Waals surface area contributed by atoms with Gasteiger partial charge in [-0.15, -0.1) is 0 Å². The average Bonchev–Trinajstić information content (AvgIpc) is 2.53. The Bertz CT molecular complexity index is 787. The number of amides is 2. The Labute approximate surface area is 192 Å². The van der Waals surface area contributed by atoms with Crippen molar-refractivity contribution < 1.29 is 67.3 Å². The predicted octanol–water partition coefficient (Wildman–Crippen LogP) is -1.56. The summed E-state index contributed by atoms with van der Waals surface area (Å²) in [7, 11) is 1.26. The van der Waals surface area contributed by atoms with Gasteiger partial charge < -0.3 is 25.2 Å². The summed E-state index contributed by atoms with van der Waals surface area (Å²) < 4.78 is 38.1. The fraction of sp³-hybridized carbons (Fsp3) is 0.471. The number of hydrogen-bond donors (Lipinski definition) is 2. The molecule has 0 spiro atoms. The molecule has 0 aliphatic heterocycles. The third kappa shape index (κ3) is 6.32. The first-order valence-electron chi connectivity index (χ1n) is 7.99. The van der Waals surface area contributed by atoms with Crippen LogP contribution in [0.15, 0.2) is 18.2 Å². The van der Waals surface area contributed by atoms with E-state index in [-0.39, 0.29) is 52.8 Å². The number of benzene rings is 1. The van der Waals surface area contributed by atoms with E-state index < -0.39 is 41.5 Å². The van der Waals surface area contributed by atoms with Gasteiger partial charge in [0.15, 0.2) is 0 Å². The minimum Gasteiger partial charge on any atom is -0.548 e. The minimum absolute atomic E-state index is 0. The molecule has 0 saturated carbocycles. The van der Waals surface area contributed by atoms with Gasteiger partial charge in [-0.3, -0.25) is 9.59 Å². The molecule has 0 aliphatic carbocycles. The molecule has 29 heavy (non-hydrogen) atoms. The van der Waals surface area contributed by atoms with Crippen molar-refractivity contribution in [3.8, 4) is 0 Å². The third-order valence-corrected chi connectivity index (χ3v) is 4.38. The third-order valence-electron chi connectivity index (χ3n) is 4.07. The SMILES string of the molecule is CC(C)[C@@H](C(=O)[O-])N(C)C(=O)c1ccc(NC(=O)[C@@](C)(O)C(F)(F)F)c(Cl)c1.[Na+]. The summed E-state index contributed by atoms with van der Waals surface area (Å²) in [5, 5.41) is 22.2. The normalized spacial score (nSPS) is 14.4. The molecule has 0 saturated heterocycles. The summed E-state index contributed by atoms with van der Waals surface area (Å²) in [5.41, 5.74) is -3.97. The van der Waals surface area contributed by atoms with E-state index in [1.165, 1.54) is 7.05 Å². The van der Waals surface area contributed by atoms with Crippen molar-refractivity contribution in [1.29, 1.82) is 0 Å². The van der Waals surface area contributed by atoms with Crippen LogP contribution in [0.4, 0.5) is 18.9 Å². The number of hydrogen-bond acceptors (Lipinski definition) is 5. The second kappa shape index (κ2) is 10.1. The molecule has 156 valence electrons. The minimum atomic E-state index is -5.21. The molecule has 1 rings (SSSR count). The Morgan fingerprint density at radius 3 is 2.14 bits per heavy atom. The summed E-state index contributed by atoms with van der Waals surface area (Å²) in [6, 6.07) is 2.06. The van der Waals surface area contributed by atoms with Gasteiger partial charge >= 0.3 is 35.7 Å².